The molecule has 0 spiro atoms. The van der Waals surface area contributed by atoms with Crippen molar-refractivity contribution < 1.29 is 0 Å². The number of hydrogen-bond donors (Lipinski definition) is 0. The molecule has 3 rings (SSSR count). The van der Waals surface area contributed by atoms with Crippen molar-refractivity contribution in [1.82, 2.24) is 9.55 Å². The number of benzene rings is 2. The summed E-state index contributed by atoms with van der Waals surface area (Å²) in [6, 6.07) is 12.5. The van der Waals surface area contributed by atoms with E-state index in [1.807, 2.05) is 19.1 Å². The van der Waals surface area contributed by atoms with E-state index in [1.165, 1.54) is 0 Å². The van der Waals surface area contributed by atoms with Gasteiger partial charge in [0.2, 0.25) is 0 Å². The van der Waals surface area contributed by atoms with Crippen molar-refractivity contribution in [3.8, 4) is 11.4 Å². The fourth-order valence-corrected chi connectivity index (χ4v) is 2.74. The largest absolute Gasteiger partial charge is 0.292 e. The summed E-state index contributed by atoms with van der Waals surface area (Å²) in [5.41, 5.74) is 1.44. The van der Waals surface area contributed by atoms with Gasteiger partial charge in [0.1, 0.15) is 5.82 Å². The minimum Gasteiger partial charge on any atom is -0.292 e. The minimum absolute atomic E-state index is 0.0701. The van der Waals surface area contributed by atoms with E-state index in [0.29, 0.717) is 33.3 Å². The molecule has 5 heteroatoms. The molecule has 0 N–H and O–H groups in total. The van der Waals surface area contributed by atoms with Crippen molar-refractivity contribution in [1.29, 1.82) is 0 Å². The summed E-state index contributed by atoms with van der Waals surface area (Å²) in [7, 11) is 0. The van der Waals surface area contributed by atoms with Crippen LogP contribution in [0.2, 0.25) is 10.0 Å². The Balaban J connectivity index is 2.32. The molecule has 0 radical (unpaired) electrons. The average molecular weight is 333 g/mol. The van der Waals surface area contributed by atoms with Crippen molar-refractivity contribution in [3.63, 3.8) is 0 Å². The maximum atomic E-state index is 12.8. The van der Waals surface area contributed by atoms with E-state index in [-0.39, 0.29) is 5.56 Å². The third kappa shape index (κ3) is 2.74. The summed E-state index contributed by atoms with van der Waals surface area (Å²) in [6.07, 6.45) is 0.842. The molecule has 0 aliphatic heterocycles. The summed E-state index contributed by atoms with van der Waals surface area (Å²) in [5.74, 6) is 0.651. The molecular weight excluding hydrogens is 319 g/mol. The van der Waals surface area contributed by atoms with Crippen molar-refractivity contribution in [2.24, 2.45) is 0 Å². The Morgan fingerprint density at radius 2 is 1.73 bits per heavy atom. The minimum atomic E-state index is -0.0701. The van der Waals surface area contributed by atoms with Gasteiger partial charge in [-0.15, -0.1) is 0 Å². The molecular formula is C17H14Cl2N2O. The molecule has 22 heavy (non-hydrogen) atoms. The van der Waals surface area contributed by atoms with Crippen molar-refractivity contribution in [3.05, 3.63) is 62.9 Å². The lowest BCUT2D eigenvalue weighted by Crippen LogP contribution is -2.23. The van der Waals surface area contributed by atoms with Crippen LogP contribution in [0.4, 0.5) is 0 Å². The summed E-state index contributed by atoms with van der Waals surface area (Å²) < 4.78 is 1.70. The number of rotatable bonds is 3. The molecule has 0 bridgehead atoms. The molecule has 0 fully saturated rings. The fourth-order valence-electron chi connectivity index (χ4n) is 2.44. The Morgan fingerprint density at radius 3 is 2.41 bits per heavy atom. The lowest BCUT2D eigenvalue weighted by molar-refractivity contribution is 0.656. The second-order valence-corrected chi connectivity index (χ2v) is 5.93. The average Bonchev–Trinajstić information content (AvgIpc) is 2.51. The molecule has 2 aromatic carbocycles. The van der Waals surface area contributed by atoms with Crippen LogP contribution in [0.5, 0.6) is 0 Å². The van der Waals surface area contributed by atoms with Gasteiger partial charge in [0.25, 0.3) is 5.56 Å². The van der Waals surface area contributed by atoms with Crippen LogP contribution >= 0.6 is 23.2 Å². The van der Waals surface area contributed by atoms with Crippen LogP contribution in [-0.2, 0) is 6.54 Å². The smallest absolute Gasteiger partial charge is 0.261 e. The van der Waals surface area contributed by atoms with Gasteiger partial charge in [-0.05, 0) is 48.9 Å². The Hall–Kier alpha value is -1.84. The maximum Gasteiger partial charge on any atom is 0.261 e. The number of halogens is 2. The van der Waals surface area contributed by atoms with E-state index >= 15 is 0 Å². The van der Waals surface area contributed by atoms with Gasteiger partial charge in [-0.2, -0.15) is 0 Å². The predicted molar refractivity (Wildman–Crippen MR) is 91.8 cm³/mol. The highest BCUT2D eigenvalue weighted by atomic mass is 35.5. The third-order valence-corrected chi connectivity index (χ3v) is 3.95. The molecule has 1 aromatic heterocycles. The maximum absolute atomic E-state index is 12.8. The third-order valence-electron chi connectivity index (χ3n) is 3.47. The molecule has 0 aliphatic carbocycles. The van der Waals surface area contributed by atoms with Crippen molar-refractivity contribution >= 4 is 34.1 Å². The number of hydrogen-bond acceptors (Lipinski definition) is 2. The molecule has 0 unspecified atom stereocenters. The van der Waals surface area contributed by atoms with Crippen LogP contribution in [0.15, 0.2) is 47.3 Å². The molecule has 1 heterocycles. The van der Waals surface area contributed by atoms with E-state index < -0.39 is 0 Å². The van der Waals surface area contributed by atoms with E-state index in [4.69, 9.17) is 23.2 Å². The van der Waals surface area contributed by atoms with Crippen LogP contribution in [0.25, 0.3) is 22.3 Å². The molecule has 0 saturated carbocycles. The van der Waals surface area contributed by atoms with E-state index in [0.717, 1.165) is 12.0 Å². The molecule has 3 nitrogen and oxygen atoms in total. The molecule has 0 saturated heterocycles. The zero-order chi connectivity index (χ0) is 15.7. The van der Waals surface area contributed by atoms with Gasteiger partial charge in [-0.25, -0.2) is 4.98 Å². The Morgan fingerprint density at radius 1 is 1.05 bits per heavy atom. The zero-order valence-corrected chi connectivity index (χ0v) is 13.5. The zero-order valence-electron chi connectivity index (χ0n) is 12.0. The monoisotopic (exact) mass is 332 g/mol. The molecule has 0 aliphatic rings. The predicted octanol–water partition coefficient (Wildman–Crippen LogP) is 4.78. The van der Waals surface area contributed by atoms with Crippen LogP contribution in [-0.4, -0.2) is 9.55 Å². The van der Waals surface area contributed by atoms with Crippen LogP contribution in [0.3, 0.4) is 0 Å². The SMILES string of the molecule is CCCn1c(-c2ccc(Cl)cc2)nc2ccc(Cl)cc2c1=O. The first kappa shape index (κ1) is 15.1. The molecule has 0 amide bonds. The number of aromatic nitrogens is 2. The molecule has 112 valence electrons. The second-order valence-electron chi connectivity index (χ2n) is 5.06. The second kappa shape index (κ2) is 6.11. The van der Waals surface area contributed by atoms with Crippen LogP contribution in [0.1, 0.15) is 13.3 Å². The summed E-state index contributed by atoms with van der Waals surface area (Å²) in [6.45, 7) is 2.63. The topological polar surface area (TPSA) is 34.9 Å². The summed E-state index contributed by atoms with van der Waals surface area (Å²) >= 11 is 11.9. The lowest BCUT2D eigenvalue weighted by Gasteiger charge is -2.13. The first-order valence-electron chi connectivity index (χ1n) is 7.06. The van der Waals surface area contributed by atoms with Crippen molar-refractivity contribution in [2.75, 3.05) is 0 Å². The Bertz CT molecular complexity index is 886. The van der Waals surface area contributed by atoms with Crippen LogP contribution in [0, 0.1) is 0 Å². The normalized spacial score (nSPS) is 11.0. The van der Waals surface area contributed by atoms with Crippen LogP contribution < -0.4 is 5.56 Å². The molecule has 3 aromatic rings. The molecule has 0 atom stereocenters. The highest BCUT2D eigenvalue weighted by molar-refractivity contribution is 6.31. The standard InChI is InChI=1S/C17H14Cl2N2O/c1-2-9-21-16(11-3-5-12(18)6-4-11)20-15-8-7-13(19)10-14(15)17(21)22/h3-8,10H,2,9H2,1H3. The summed E-state index contributed by atoms with van der Waals surface area (Å²) in [4.78, 5) is 17.4. The van der Waals surface area contributed by atoms with Gasteiger partial charge in [-0.3, -0.25) is 9.36 Å². The van der Waals surface area contributed by atoms with E-state index in [1.54, 1.807) is 34.9 Å². The highest BCUT2D eigenvalue weighted by Gasteiger charge is 2.12. The Labute approximate surface area is 138 Å². The quantitative estimate of drug-likeness (QED) is 0.691. The van der Waals surface area contributed by atoms with E-state index in [9.17, 15) is 4.79 Å². The van der Waals surface area contributed by atoms with Gasteiger partial charge >= 0.3 is 0 Å². The number of nitrogens with zero attached hydrogens (tertiary/aromatic N) is 2. The first-order valence-corrected chi connectivity index (χ1v) is 7.82. The van der Waals surface area contributed by atoms with Gasteiger partial charge in [-0.1, -0.05) is 30.1 Å². The first-order chi connectivity index (χ1) is 10.6. The lowest BCUT2D eigenvalue weighted by atomic mass is 10.1. The summed E-state index contributed by atoms with van der Waals surface area (Å²) in [5, 5.41) is 1.73. The van der Waals surface area contributed by atoms with E-state index in [2.05, 4.69) is 4.98 Å². The van der Waals surface area contributed by atoms with Gasteiger partial charge < -0.3 is 0 Å². The van der Waals surface area contributed by atoms with Crippen molar-refractivity contribution in [2.45, 2.75) is 19.9 Å². The van der Waals surface area contributed by atoms with Gasteiger partial charge in [0, 0.05) is 22.2 Å². The van der Waals surface area contributed by atoms with Gasteiger partial charge in [0.15, 0.2) is 0 Å². The fraction of sp³-hybridized carbons (Fsp3) is 0.176. The number of fused-ring (bicyclic) bond motifs is 1. The highest BCUT2D eigenvalue weighted by Crippen LogP contribution is 2.22. The Kier molecular flexibility index (Phi) is 4.19. The van der Waals surface area contributed by atoms with Gasteiger partial charge in [0.05, 0.1) is 10.9 Å².